The summed E-state index contributed by atoms with van der Waals surface area (Å²) in [6.07, 6.45) is -0.289. The second-order valence-electron chi connectivity index (χ2n) is 22.3. The summed E-state index contributed by atoms with van der Waals surface area (Å²) in [7, 11) is 0. The van der Waals surface area contributed by atoms with Crippen molar-refractivity contribution < 1.29 is 78.0 Å². The molecule has 28 heteroatoms. The van der Waals surface area contributed by atoms with Gasteiger partial charge in [0.05, 0.1) is 18.9 Å². The maximum Gasteiger partial charge on any atom is 0.325 e. The first-order chi connectivity index (χ1) is 41.4. The van der Waals surface area contributed by atoms with Crippen LogP contribution in [0.4, 0.5) is 0 Å². The normalized spacial score (nSPS) is 14.9. The quantitative estimate of drug-likeness (QED) is 0.0355. The van der Waals surface area contributed by atoms with Crippen LogP contribution >= 0.6 is 11.8 Å². The van der Waals surface area contributed by atoms with Crippen molar-refractivity contribution in [2.45, 2.75) is 160 Å². The number of hydrogen-bond donors (Lipinski definition) is 15. The lowest BCUT2D eigenvalue weighted by Gasteiger charge is -2.29. The van der Waals surface area contributed by atoms with Crippen molar-refractivity contribution in [2.75, 3.05) is 12.0 Å². The van der Waals surface area contributed by atoms with E-state index in [1.165, 1.54) is 67.2 Å². The molecule has 0 heterocycles. The summed E-state index contributed by atoms with van der Waals surface area (Å²) < 4.78 is 0. The predicted octanol–water partition coefficient (Wildman–Crippen LogP) is -0.228. The predicted molar refractivity (Wildman–Crippen MR) is 325 cm³/mol. The lowest BCUT2D eigenvalue weighted by Crippen LogP contribution is -2.62. The number of carbonyl (C=O) groups excluding carboxylic acids is 10. The number of carbonyl (C=O) groups is 12. The third-order valence-corrected chi connectivity index (χ3v) is 14.7. The van der Waals surface area contributed by atoms with Gasteiger partial charge in [-0.2, -0.15) is 11.8 Å². The highest BCUT2D eigenvalue weighted by atomic mass is 32.2. The van der Waals surface area contributed by atoms with Crippen molar-refractivity contribution in [3.8, 4) is 11.5 Å². The van der Waals surface area contributed by atoms with Crippen LogP contribution in [0, 0.1) is 17.8 Å². The number of rotatable bonds is 37. The van der Waals surface area contributed by atoms with Gasteiger partial charge in [-0.1, -0.05) is 103 Å². The molecular formula is C60H85N11O16S. The summed E-state index contributed by atoms with van der Waals surface area (Å²) in [6, 6.07) is 5.37. The molecule has 0 aromatic heterocycles. The summed E-state index contributed by atoms with van der Waals surface area (Å²) in [5.41, 5.74) is 13.4. The Morgan fingerprint density at radius 1 is 0.477 bits per heavy atom. The van der Waals surface area contributed by atoms with E-state index in [-0.39, 0.29) is 55.3 Å². The third kappa shape index (κ3) is 25.3. The van der Waals surface area contributed by atoms with E-state index in [1.54, 1.807) is 78.1 Å². The number of benzene rings is 3. The standard InChI is InChI=1S/C60H85N11O16S/c1-9-33(6)50(71-51(77)40(61)26-35-13-11-10-12-14-35)59(85)69-46(30-48(75)76)57(83)65-42(25-31(2)3)54(80)67-45(29-47(62)74)56(82)66-44(28-37-17-21-39(73)22-18-37)55(81)64-41(23-24-88-8)52(78)70-49(32(4)5)58(84)68-43(53(79)63-34(7)60(86)87)27-36-15-19-38(72)20-16-36/h10-22,31-34,40-46,49-50,72-73H,9,23-30,61H2,1-8H3,(H2,62,74)(H,63,79)(H,64,81)(H,65,83)(H,66,82)(H,67,80)(H,68,84)(H,69,85)(H,70,78)(H,71,77)(H,75,76)(H,86,87)/t33-,34-,40-,41-,42-,43-,44-,45-,46-,49-,50-/m0/s1. The van der Waals surface area contributed by atoms with E-state index >= 15 is 0 Å². The molecule has 0 saturated carbocycles. The molecule has 10 amide bonds. The van der Waals surface area contributed by atoms with E-state index in [4.69, 9.17) is 11.5 Å². The number of nitrogens with one attached hydrogen (secondary N) is 9. The minimum Gasteiger partial charge on any atom is -0.508 e. The number of carboxylic acids is 2. The number of hydrogen-bond acceptors (Lipinski definition) is 16. The van der Waals surface area contributed by atoms with Gasteiger partial charge < -0.3 is 79.7 Å². The van der Waals surface area contributed by atoms with Crippen molar-refractivity contribution in [2.24, 2.45) is 29.2 Å². The van der Waals surface area contributed by atoms with Gasteiger partial charge >= 0.3 is 11.9 Å². The lowest BCUT2D eigenvalue weighted by atomic mass is 9.96. The minimum absolute atomic E-state index is 0.0385. The molecule has 0 bridgehead atoms. The van der Waals surface area contributed by atoms with E-state index in [1.807, 2.05) is 0 Å². The summed E-state index contributed by atoms with van der Waals surface area (Å²) >= 11 is 1.31. The van der Waals surface area contributed by atoms with Crippen molar-refractivity contribution in [1.82, 2.24) is 47.9 Å². The number of phenolic OH excluding ortho intramolecular Hbond substituents is 2. The third-order valence-electron chi connectivity index (χ3n) is 14.1. The minimum atomic E-state index is -1.84. The zero-order valence-corrected chi connectivity index (χ0v) is 51.4. The fourth-order valence-corrected chi connectivity index (χ4v) is 9.33. The molecular weight excluding hydrogens is 1160 g/mol. The molecule has 0 spiro atoms. The molecule has 0 saturated heterocycles. The topological polar surface area (TPSA) is 446 Å². The van der Waals surface area contributed by atoms with Gasteiger partial charge in [0.25, 0.3) is 0 Å². The fraction of sp³-hybridized carbons (Fsp3) is 0.500. The first-order valence-corrected chi connectivity index (χ1v) is 30.1. The average Bonchev–Trinajstić information content (AvgIpc) is 3.67. The van der Waals surface area contributed by atoms with Crippen LogP contribution in [-0.4, -0.2) is 164 Å². The van der Waals surface area contributed by atoms with Crippen molar-refractivity contribution in [3.05, 3.63) is 95.6 Å². The van der Waals surface area contributed by atoms with Crippen LogP contribution in [0.3, 0.4) is 0 Å². The van der Waals surface area contributed by atoms with Gasteiger partial charge in [-0.15, -0.1) is 0 Å². The van der Waals surface area contributed by atoms with Gasteiger partial charge in [-0.25, -0.2) is 0 Å². The fourth-order valence-electron chi connectivity index (χ4n) is 8.86. The molecule has 0 aliphatic rings. The Morgan fingerprint density at radius 2 is 0.886 bits per heavy atom. The molecule has 17 N–H and O–H groups in total. The van der Waals surface area contributed by atoms with Crippen molar-refractivity contribution in [1.29, 1.82) is 0 Å². The summed E-state index contributed by atoms with van der Waals surface area (Å²) in [4.78, 5) is 163. The maximum atomic E-state index is 14.5. The molecule has 27 nitrogen and oxygen atoms in total. The average molecular weight is 1250 g/mol. The van der Waals surface area contributed by atoms with Crippen LogP contribution < -0.4 is 59.3 Å². The van der Waals surface area contributed by atoms with Crippen molar-refractivity contribution in [3.63, 3.8) is 0 Å². The van der Waals surface area contributed by atoms with Gasteiger partial charge in [0.2, 0.25) is 59.1 Å². The number of nitrogens with two attached hydrogens (primary N) is 2. The largest absolute Gasteiger partial charge is 0.508 e. The first-order valence-electron chi connectivity index (χ1n) is 28.7. The Bertz CT molecular complexity index is 2880. The highest BCUT2D eigenvalue weighted by Gasteiger charge is 2.38. The molecule has 0 aliphatic heterocycles. The maximum absolute atomic E-state index is 14.5. The van der Waals surface area contributed by atoms with Crippen LogP contribution in [0.2, 0.25) is 0 Å². The van der Waals surface area contributed by atoms with Gasteiger partial charge in [-0.3, -0.25) is 57.5 Å². The number of carboxylic acid groups (broad SMARTS) is 2. The molecule has 3 rings (SSSR count). The van der Waals surface area contributed by atoms with E-state index in [0.29, 0.717) is 17.5 Å². The molecule has 0 unspecified atom stereocenters. The Balaban J connectivity index is 1.93. The van der Waals surface area contributed by atoms with Crippen LogP contribution in [0.25, 0.3) is 0 Å². The highest BCUT2D eigenvalue weighted by Crippen LogP contribution is 2.17. The monoisotopic (exact) mass is 1250 g/mol. The van der Waals surface area contributed by atoms with Crippen LogP contribution in [0.15, 0.2) is 78.9 Å². The Labute approximate surface area is 515 Å². The van der Waals surface area contributed by atoms with Gasteiger partial charge in [0.1, 0.15) is 65.9 Å². The molecule has 0 fully saturated rings. The summed E-state index contributed by atoms with van der Waals surface area (Å²) in [6.45, 7) is 11.2. The molecule has 11 atom stereocenters. The number of aromatic hydroxyl groups is 2. The second-order valence-corrected chi connectivity index (χ2v) is 23.2. The number of amides is 10. The molecule has 482 valence electrons. The highest BCUT2D eigenvalue weighted by molar-refractivity contribution is 7.98. The molecule has 3 aromatic rings. The molecule has 0 radical (unpaired) electrons. The van der Waals surface area contributed by atoms with E-state index in [2.05, 4.69) is 47.9 Å². The molecule has 0 aliphatic carbocycles. The SMILES string of the molecule is CC[C@H](C)[C@H](NC(=O)[C@@H](N)Cc1ccccc1)C(=O)N[C@@H](CC(=O)O)C(=O)N[C@@H](CC(C)C)C(=O)N[C@@H](CC(N)=O)C(=O)N[C@@H](Cc1ccc(O)cc1)C(=O)N[C@@H](CCSC)C(=O)N[C@H](C(=O)N[C@@H](Cc1ccc(O)cc1)C(=O)N[C@@H](C)C(=O)O)C(C)C. The zero-order valence-electron chi connectivity index (χ0n) is 50.6. The van der Waals surface area contributed by atoms with Crippen molar-refractivity contribution >= 4 is 82.8 Å². The van der Waals surface area contributed by atoms with E-state index in [0.717, 1.165) is 5.56 Å². The second kappa shape index (κ2) is 36.4. The zero-order chi connectivity index (χ0) is 65.9. The molecule has 88 heavy (non-hydrogen) atoms. The Hall–Kier alpha value is -8.79. The Morgan fingerprint density at radius 3 is 1.36 bits per heavy atom. The number of phenols is 2. The Kier molecular flexibility index (Phi) is 30.4. The summed E-state index contributed by atoms with van der Waals surface area (Å²) in [5, 5.41) is 61.8. The van der Waals surface area contributed by atoms with Crippen LogP contribution in [0.1, 0.15) is 97.3 Å². The van der Waals surface area contributed by atoms with Gasteiger partial charge in [-0.05, 0) is 96.9 Å². The van der Waals surface area contributed by atoms with Crippen LogP contribution in [0.5, 0.6) is 11.5 Å². The lowest BCUT2D eigenvalue weighted by molar-refractivity contribution is -0.142. The van der Waals surface area contributed by atoms with Gasteiger partial charge in [0.15, 0.2) is 0 Å². The first kappa shape index (κ1) is 73.5. The van der Waals surface area contributed by atoms with Gasteiger partial charge in [0, 0.05) is 12.8 Å². The number of aliphatic carboxylic acids is 2. The summed E-state index contributed by atoms with van der Waals surface area (Å²) in [5.74, 6) is -14.0. The number of thioether (sulfide) groups is 1. The van der Waals surface area contributed by atoms with E-state index in [9.17, 15) is 78.0 Å². The smallest absolute Gasteiger partial charge is 0.325 e. The molecule has 3 aromatic carbocycles. The number of primary amides is 1. The van der Waals surface area contributed by atoms with Crippen LogP contribution in [-0.2, 0) is 76.8 Å². The van der Waals surface area contributed by atoms with E-state index < -0.39 is 156 Å².